The highest BCUT2D eigenvalue weighted by atomic mass is 35.5. The lowest BCUT2D eigenvalue weighted by Crippen LogP contribution is -2.04. The molecule has 0 unspecified atom stereocenters. The average Bonchev–Trinajstić information content (AvgIpc) is 2.48. The molecular weight excluding hydrogens is 214 g/mol. The minimum Gasteiger partial charge on any atom is -0.382 e. The lowest BCUT2D eigenvalue weighted by molar-refractivity contribution is 0.530. The molecule has 0 bridgehead atoms. The highest BCUT2D eigenvalue weighted by molar-refractivity contribution is 6.28. The van der Waals surface area contributed by atoms with E-state index in [1.54, 1.807) is 6.33 Å². The number of hydrogen-bond acceptors (Lipinski definition) is 4. The van der Waals surface area contributed by atoms with Crippen LogP contribution in [0.4, 0.5) is 5.82 Å². The third-order valence-corrected chi connectivity index (χ3v) is 2.19. The van der Waals surface area contributed by atoms with Gasteiger partial charge in [-0.05, 0) is 17.5 Å². The van der Waals surface area contributed by atoms with Crippen molar-refractivity contribution in [3.63, 3.8) is 0 Å². The number of halogens is 1. The van der Waals surface area contributed by atoms with E-state index in [0.29, 0.717) is 22.9 Å². The summed E-state index contributed by atoms with van der Waals surface area (Å²) < 4.78 is 1.93. The van der Waals surface area contributed by atoms with Gasteiger partial charge < -0.3 is 10.3 Å². The number of nitrogens with two attached hydrogens (primary N) is 1. The quantitative estimate of drug-likeness (QED) is 0.791. The molecule has 6 heteroatoms. The maximum Gasteiger partial charge on any atom is 0.226 e. The molecular formula is C9H12ClN5. The van der Waals surface area contributed by atoms with Gasteiger partial charge in [0.05, 0.1) is 6.33 Å². The van der Waals surface area contributed by atoms with Crippen LogP contribution in [-0.2, 0) is 6.54 Å². The van der Waals surface area contributed by atoms with Crippen LogP contribution >= 0.6 is 11.6 Å². The number of imidazole rings is 1. The van der Waals surface area contributed by atoms with Crippen molar-refractivity contribution < 1.29 is 0 Å². The first-order chi connectivity index (χ1) is 7.08. The van der Waals surface area contributed by atoms with E-state index < -0.39 is 0 Å². The standard InChI is InChI=1S/C9H12ClN5/c1-5(2)3-15-4-12-6-7(11)13-9(10)14-8(6)15/h4-5H,3H2,1-2H3,(H2,11,13,14). The first-order valence-electron chi connectivity index (χ1n) is 4.71. The molecule has 0 aromatic carbocycles. The van der Waals surface area contributed by atoms with Crippen molar-refractivity contribution >= 4 is 28.6 Å². The summed E-state index contributed by atoms with van der Waals surface area (Å²) in [6, 6.07) is 0. The van der Waals surface area contributed by atoms with Gasteiger partial charge in [0, 0.05) is 6.54 Å². The Kier molecular flexibility index (Phi) is 2.48. The van der Waals surface area contributed by atoms with E-state index in [1.165, 1.54) is 0 Å². The fourth-order valence-corrected chi connectivity index (χ4v) is 1.64. The van der Waals surface area contributed by atoms with Crippen molar-refractivity contribution in [2.45, 2.75) is 20.4 Å². The van der Waals surface area contributed by atoms with Gasteiger partial charge in [-0.15, -0.1) is 0 Å². The maximum absolute atomic E-state index is 5.75. The molecule has 0 radical (unpaired) electrons. The van der Waals surface area contributed by atoms with Crippen LogP contribution in [0.25, 0.3) is 11.2 Å². The van der Waals surface area contributed by atoms with Gasteiger partial charge in [0.25, 0.3) is 0 Å². The molecule has 0 aliphatic heterocycles. The monoisotopic (exact) mass is 225 g/mol. The summed E-state index contributed by atoms with van der Waals surface area (Å²) in [6.07, 6.45) is 1.71. The molecule has 15 heavy (non-hydrogen) atoms. The summed E-state index contributed by atoms with van der Waals surface area (Å²) in [4.78, 5) is 12.1. The fourth-order valence-electron chi connectivity index (χ4n) is 1.47. The van der Waals surface area contributed by atoms with Crippen molar-refractivity contribution in [3.05, 3.63) is 11.6 Å². The lowest BCUT2D eigenvalue weighted by Gasteiger charge is -2.06. The van der Waals surface area contributed by atoms with E-state index in [-0.39, 0.29) is 5.28 Å². The van der Waals surface area contributed by atoms with Gasteiger partial charge in [-0.1, -0.05) is 13.8 Å². The summed E-state index contributed by atoms with van der Waals surface area (Å²) in [5.41, 5.74) is 7.00. The van der Waals surface area contributed by atoms with Crippen molar-refractivity contribution in [1.82, 2.24) is 19.5 Å². The molecule has 0 aliphatic carbocycles. The Balaban J connectivity index is 2.58. The number of fused-ring (bicyclic) bond motifs is 1. The Labute approximate surface area is 92.3 Å². The second-order valence-corrected chi connectivity index (χ2v) is 4.18. The van der Waals surface area contributed by atoms with Crippen LogP contribution in [0.3, 0.4) is 0 Å². The Morgan fingerprint density at radius 1 is 1.47 bits per heavy atom. The average molecular weight is 226 g/mol. The van der Waals surface area contributed by atoms with Crippen molar-refractivity contribution in [2.75, 3.05) is 5.73 Å². The second kappa shape index (κ2) is 3.66. The van der Waals surface area contributed by atoms with Gasteiger partial charge in [-0.2, -0.15) is 9.97 Å². The molecule has 0 atom stereocenters. The smallest absolute Gasteiger partial charge is 0.226 e. The van der Waals surface area contributed by atoms with E-state index in [1.807, 2.05) is 4.57 Å². The Hall–Kier alpha value is -1.36. The first-order valence-corrected chi connectivity index (χ1v) is 5.09. The number of rotatable bonds is 2. The van der Waals surface area contributed by atoms with Crippen LogP contribution in [0, 0.1) is 5.92 Å². The zero-order valence-corrected chi connectivity index (χ0v) is 9.36. The first kappa shape index (κ1) is 10.2. The third kappa shape index (κ3) is 1.87. The van der Waals surface area contributed by atoms with Crippen molar-refractivity contribution in [2.24, 2.45) is 5.92 Å². The Morgan fingerprint density at radius 2 is 2.20 bits per heavy atom. The second-order valence-electron chi connectivity index (χ2n) is 3.84. The molecule has 2 N–H and O–H groups in total. The molecule has 2 aromatic heterocycles. The van der Waals surface area contributed by atoms with Crippen LogP contribution in [0.2, 0.25) is 5.28 Å². The van der Waals surface area contributed by atoms with E-state index in [4.69, 9.17) is 17.3 Å². The summed E-state index contributed by atoms with van der Waals surface area (Å²) in [7, 11) is 0. The van der Waals surface area contributed by atoms with E-state index in [2.05, 4.69) is 28.8 Å². The molecule has 0 amide bonds. The molecule has 2 rings (SSSR count). The molecule has 0 spiro atoms. The zero-order chi connectivity index (χ0) is 11.0. The van der Waals surface area contributed by atoms with Crippen LogP contribution in [0.5, 0.6) is 0 Å². The highest BCUT2D eigenvalue weighted by Gasteiger charge is 2.10. The van der Waals surface area contributed by atoms with Crippen LogP contribution in [0.15, 0.2) is 6.33 Å². The van der Waals surface area contributed by atoms with E-state index >= 15 is 0 Å². The minimum absolute atomic E-state index is 0.158. The molecule has 0 saturated carbocycles. The zero-order valence-electron chi connectivity index (χ0n) is 8.61. The molecule has 5 nitrogen and oxygen atoms in total. The number of nitrogen functional groups attached to an aromatic ring is 1. The molecule has 2 aromatic rings. The summed E-state index contributed by atoms with van der Waals surface area (Å²) in [5, 5.41) is 0.158. The van der Waals surface area contributed by atoms with Gasteiger partial charge in [0.1, 0.15) is 5.52 Å². The minimum atomic E-state index is 0.158. The third-order valence-electron chi connectivity index (χ3n) is 2.03. The highest BCUT2D eigenvalue weighted by Crippen LogP contribution is 2.18. The molecule has 2 heterocycles. The molecule has 0 aliphatic rings. The van der Waals surface area contributed by atoms with E-state index in [9.17, 15) is 0 Å². The van der Waals surface area contributed by atoms with E-state index in [0.717, 1.165) is 6.54 Å². The van der Waals surface area contributed by atoms with Gasteiger partial charge >= 0.3 is 0 Å². The number of nitrogens with zero attached hydrogens (tertiary/aromatic N) is 4. The molecule has 80 valence electrons. The largest absolute Gasteiger partial charge is 0.382 e. The van der Waals surface area contributed by atoms with Crippen LogP contribution in [0.1, 0.15) is 13.8 Å². The van der Waals surface area contributed by atoms with Crippen molar-refractivity contribution in [3.8, 4) is 0 Å². The Bertz CT molecular complexity index is 490. The lowest BCUT2D eigenvalue weighted by atomic mass is 10.2. The van der Waals surface area contributed by atoms with Gasteiger partial charge in [-0.25, -0.2) is 4.98 Å². The molecule has 0 saturated heterocycles. The fraction of sp³-hybridized carbons (Fsp3) is 0.444. The summed E-state index contributed by atoms with van der Waals surface area (Å²) >= 11 is 5.75. The van der Waals surface area contributed by atoms with Gasteiger partial charge in [-0.3, -0.25) is 0 Å². The predicted molar refractivity (Wildman–Crippen MR) is 59.6 cm³/mol. The van der Waals surface area contributed by atoms with Crippen molar-refractivity contribution in [1.29, 1.82) is 0 Å². The van der Waals surface area contributed by atoms with Crippen LogP contribution in [-0.4, -0.2) is 19.5 Å². The van der Waals surface area contributed by atoms with Gasteiger partial charge in [0.2, 0.25) is 5.28 Å². The topological polar surface area (TPSA) is 69.6 Å². The summed E-state index contributed by atoms with van der Waals surface area (Å²) in [5.74, 6) is 0.838. The van der Waals surface area contributed by atoms with Crippen LogP contribution < -0.4 is 5.73 Å². The predicted octanol–water partition coefficient (Wildman–Crippen LogP) is 1.72. The Morgan fingerprint density at radius 3 is 2.87 bits per heavy atom. The number of anilines is 1. The number of hydrogen-bond donors (Lipinski definition) is 1. The normalized spacial score (nSPS) is 11.5. The number of aromatic nitrogens is 4. The maximum atomic E-state index is 5.75. The molecule has 0 fully saturated rings. The van der Waals surface area contributed by atoms with Gasteiger partial charge in [0.15, 0.2) is 11.5 Å². The summed E-state index contributed by atoms with van der Waals surface area (Å²) in [6.45, 7) is 5.08. The SMILES string of the molecule is CC(C)Cn1cnc2c(N)nc(Cl)nc21.